The average molecular weight is 639 g/mol. The molecule has 1 fully saturated rings. The van der Waals surface area contributed by atoms with Crippen LogP contribution in [0.25, 0.3) is 11.0 Å². The molecule has 0 spiro atoms. The molecular formula is C29H36BrN9OS. The van der Waals surface area contributed by atoms with Crippen LogP contribution in [0.4, 0.5) is 34.5 Å². The highest BCUT2D eigenvalue weighted by Gasteiger charge is 2.23. The number of piperidine rings is 1. The zero-order chi connectivity index (χ0) is 29.1. The molecule has 2 aromatic carbocycles. The van der Waals surface area contributed by atoms with E-state index in [1.165, 1.54) is 11.3 Å². The summed E-state index contributed by atoms with van der Waals surface area (Å²) in [4.78, 5) is 23.2. The van der Waals surface area contributed by atoms with Crippen molar-refractivity contribution in [2.24, 2.45) is 0 Å². The van der Waals surface area contributed by atoms with E-state index in [-0.39, 0.29) is 0 Å². The molecule has 2 aromatic heterocycles. The van der Waals surface area contributed by atoms with Gasteiger partial charge in [-0.05, 0) is 73.6 Å². The molecule has 10 nitrogen and oxygen atoms in total. The minimum absolute atomic E-state index is 0.452. The first-order valence-corrected chi connectivity index (χ1v) is 15.4. The van der Waals surface area contributed by atoms with Crippen LogP contribution < -0.4 is 24.6 Å². The molecule has 1 saturated heterocycles. The van der Waals surface area contributed by atoms with Gasteiger partial charge in [-0.3, -0.25) is 9.97 Å². The molecule has 0 bridgehead atoms. The third-order valence-corrected chi connectivity index (χ3v) is 8.81. The van der Waals surface area contributed by atoms with E-state index in [0.717, 1.165) is 64.2 Å². The van der Waals surface area contributed by atoms with Gasteiger partial charge in [0.05, 0.1) is 34.2 Å². The van der Waals surface area contributed by atoms with E-state index >= 15 is 0 Å². The average Bonchev–Trinajstić information content (AvgIpc) is 2.98. The largest absolute Gasteiger partial charge is 0.494 e. The Hall–Kier alpha value is -3.35. The standard InChI is InChI=1S/C29H36BrN9OS/c1-18-15-23(25(40-5)16-24(18)39-13-9-19(10-14-39)37(2)3)35-29-33-17-20(30)28(36-29)34-22-8-7-21-26(32-12-11-31-21)27(22)38(4)41-6/h7-8,11-12,15-17,19H,9-10,13-14H2,1-6H3,(H2,33,34,35,36). The Labute approximate surface area is 254 Å². The number of hydrogen-bond donors (Lipinski definition) is 2. The SMILES string of the molecule is COc1cc(N2CCC(N(C)C)CC2)c(C)cc1Nc1ncc(Br)c(Nc2ccc3nccnc3c2N(C)SC)n1. The smallest absolute Gasteiger partial charge is 0.229 e. The van der Waals surface area contributed by atoms with E-state index in [1.807, 2.05) is 25.4 Å². The van der Waals surface area contributed by atoms with E-state index in [9.17, 15) is 0 Å². The maximum absolute atomic E-state index is 5.81. The fourth-order valence-corrected chi connectivity index (χ4v) is 5.86. The molecule has 0 radical (unpaired) electrons. The highest BCUT2D eigenvalue weighted by Crippen LogP contribution is 2.39. The van der Waals surface area contributed by atoms with Crippen LogP contribution in [0.1, 0.15) is 18.4 Å². The van der Waals surface area contributed by atoms with Gasteiger partial charge < -0.3 is 29.5 Å². The molecule has 41 heavy (non-hydrogen) atoms. The van der Waals surface area contributed by atoms with Gasteiger partial charge in [0.25, 0.3) is 0 Å². The summed E-state index contributed by atoms with van der Waals surface area (Å²) < 4.78 is 8.61. The fourth-order valence-electron chi connectivity index (χ4n) is 5.20. The third kappa shape index (κ3) is 6.29. The summed E-state index contributed by atoms with van der Waals surface area (Å²) in [5, 5.41) is 6.85. The summed E-state index contributed by atoms with van der Waals surface area (Å²) in [6, 6.07) is 8.80. The van der Waals surface area contributed by atoms with E-state index in [0.29, 0.717) is 17.8 Å². The highest BCUT2D eigenvalue weighted by molar-refractivity contribution is 9.10. The van der Waals surface area contributed by atoms with Gasteiger partial charge >= 0.3 is 0 Å². The van der Waals surface area contributed by atoms with Crippen LogP contribution >= 0.6 is 27.9 Å². The minimum atomic E-state index is 0.452. The number of anilines is 6. The third-order valence-electron chi connectivity index (χ3n) is 7.50. The summed E-state index contributed by atoms with van der Waals surface area (Å²) >= 11 is 5.21. The van der Waals surface area contributed by atoms with Crippen molar-refractivity contribution in [2.45, 2.75) is 25.8 Å². The topological polar surface area (TPSA) is 94.6 Å². The summed E-state index contributed by atoms with van der Waals surface area (Å²) in [5.74, 6) is 1.82. The Balaban J connectivity index is 1.41. The second-order valence-electron chi connectivity index (χ2n) is 10.2. The fraction of sp³-hybridized carbons (Fsp3) is 0.379. The van der Waals surface area contributed by atoms with Crippen molar-refractivity contribution in [3.8, 4) is 5.75 Å². The first-order valence-electron chi connectivity index (χ1n) is 13.5. The normalized spacial score (nSPS) is 14.0. The molecule has 2 N–H and O–H groups in total. The first kappa shape index (κ1) is 29.2. The van der Waals surface area contributed by atoms with Crippen LogP contribution in [0.2, 0.25) is 0 Å². The number of hydrogen-bond acceptors (Lipinski definition) is 11. The number of halogens is 1. The maximum Gasteiger partial charge on any atom is 0.229 e. The van der Waals surface area contributed by atoms with Gasteiger partial charge in [0.2, 0.25) is 5.95 Å². The lowest BCUT2D eigenvalue weighted by Gasteiger charge is -2.37. The number of rotatable bonds is 9. The predicted molar refractivity (Wildman–Crippen MR) is 174 cm³/mol. The number of methoxy groups -OCH3 is 1. The van der Waals surface area contributed by atoms with Crippen molar-refractivity contribution >= 4 is 73.4 Å². The van der Waals surface area contributed by atoms with E-state index in [4.69, 9.17) is 9.72 Å². The molecular weight excluding hydrogens is 602 g/mol. The van der Waals surface area contributed by atoms with E-state index < -0.39 is 0 Å². The number of fused-ring (bicyclic) bond motifs is 1. The Morgan fingerprint density at radius 1 is 1.02 bits per heavy atom. The van der Waals surface area contributed by atoms with Crippen LogP contribution in [0.15, 0.2) is 47.3 Å². The molecule has 0 aliphatic carbocycles. The predicted octanol–water partition coefficient (Wildman–Crippen LogP) is 6.23. The molecule has 4 aromatic rings. The van der Waals surface area contributed by atoms with Gasteiger partial charge in [0, 0.05) is 62.8 Å². The monoisotopic (exact) mass is 637 g/mol. The Morgan fingerprint density at radius 2 is 1.78 bits per heavy atom. The second-order valence-corrected chi connectivity index (χ2v) is 12.0. The van der Waals surface area contributed by atoms with Gasteiger partial charge in [-0.25, -0.2) is 4.98 Å². The quantitative estimate of drug-likeness (QED) is 0.204. The summed E-state index contributed by atoms with van der Waals surface area (Å²) in [6.45, 7) is 4.19. The lowest BCUT2D eigenvalue weighted by molar-refractivity contribution is 0.249. The second kappa shape index (κ2) is 12.7. The number of aromatic nitrogens is 4. The maximum atomic E-state index is 5.81. The zero-order valence-corrected chi connectivity index (χ0v) is 26.7. The highest BCUT2D eigenvalue weighted by atomic mass is 79.9. The number of aryl methyl sites for hydroxylation is 1. The summed E-state index contributed by atoms with van der Waals surface area (Å²) in [7, 11) is 8.03. The molecule has 0 atom stereocenters. The van der Waals surface area contributed by atoms with Crippen LogP contribution in [-0.2, 0) is 0 Å². The molecule has 0 amide bonds. The van der Waals surface area contributed by atoms with Crippen molar-refractivity contribution in [2.75, 3.05) is 67.4 Å². The van der Waals surface area contributed by atoms with Gasteiger partial charge in [-0.2, -0.15) is 4.98 Å². The number of nitrogens with one attached hydrogen (secondary N) is 2. The number of benzene rings is 2. The Kier molecular flexibility index (Phi) is 9.00. The summed E-state index contributed by atoms with van der Waals surface area (Å²) in [6.07, 6.45) is 9.46. The molecule has 216 valence electrons. The molecule has 0 saturated carbocycles. The van der Waals surface area contributed by atoms with Gasteiger partial charge in [-0.15, -0.1) is 0 Å². The molecule has 5 rings (SSSR count). The summed E-state index contributed by atoms with van der Waals surface area (Å²) in [5.41, 5.74) is 6.60. The van der Waals surface area contributed by atoms with Crippen molar-refractivity contribution < 1.29 is 4.74 Å². The van der Waals surface area contributed by atoms with Crippen molar-refractivity contribution in [1.29, 1.82) is 0 Å². The number of ether oxygens (including phenoxy) is 1. The Morgan fingerprint density at radius 3 is 2.49 bits per heavy atom. The lowest BCUT2D eigenvalue weighted by atomic mass is 10.0. The van der Waals surface area contributed by atoms with Crippen LogP contribution in [0.5, 0.6) is 5.75 Å². The number of nitrogens with zero attached hydrogens (tertiary/aromatic N) is 7. The molecule has 1 aliphatic heterocycles. The van der Waals surface area contributed by atoms with Crippen LogP contribution in [0, 0.1) is 6.92 Å². The van der Waals surface area contributed by atoms with Crippen molar-refractivity contribution in [3.05, 3.63) is 52.9 Å². The molecule has 1 aliphatic rings. The Bertz CT molecular complexity index is 1530. The van der Waals surface area contributed by atoms with Crippen molar-refractivity contribution in [3.63, 3.8) is 0 Å². The zero-order valence-electron chi connectivity index (χ0n) is 24.3. The molecule has 0 unspecified atom stereocenters. The van der Waals surface area contributed by atoms with Crippen molar-refractivity contribution in [1.82, 2.24) is 24.8 Å². The molecule has 3 heterocycles. The first-order chi connectivity index (χ1) is 19.8. The minimum Gasteiger partial charge on any atom is -0.494 e. The van der Waals surface area contributed by atoms with Gasteiger partial charge in [0.1, 0.15) is 17.1 Å². The van der Waals surface area contributed by atoms with Crippen LogP contribution in [0.3, 0.4) is 0 Å². The van der Waals surface area contributed by atoms with Crippen LogP contribution in [-0.4, -0.2) is 78.5 Å². The van der Waals surface area contributed by atoms with Gasteiger partial charge in [-0.1, -0.05) is 11.9 Å². The van der Waals surface area contributed by atoms with Gasteiger partial charge in [0.15, 0.2) is 0 Å². The van der Waals surface area contributed by atoms with E-state index in [1.54, 1.807) is 37.6 Å². The lowest BCUT2D eigenvalue weighted by Crippen LogP contribution is -2.42. The molecule has 12 heteroatoms. The van der Waals surface area contributed by atoms with E-state index in [2.05, 4.69) is 88.8 Å².